The van der Waals surface area contributed by atoms with Crippen molar-refractivity contribution in [3.63, 3.8) is 0 Å². The van der Waals surface area contributed by atoms with Gasteiger partial charge in [0.15, 0.2) is 4.77 Å². The standard InChI is InChI=1S/C15H14N2O2S2/c1-19-12-5-3-2-4-10(12)6-8-17-14(18)11-7-9-21-13(11)16-15(17)20/h2-5,7,9H,6,8H2,1H3,(H,16,20). The summed E-state index contributed by atoms with van der Waals surface area (Å²) in [5.41, 5.74) is 1.02. The summed E-state index contributed by atoms with van der Waals surface area (Å²) < 4.78 is 7.40. The Hall–Kier alpha value is -1.92. The van der Waals surface area contributed by atoms with E-state index >= 15 is 0 Å². The molecule has 3 rings (SSSR count). The molecule has 0 aliphatic heterocycles. The predicted octanol–water partition coefficient (Wildman–Crippen LogP) is 3.37. The predicted molar refractivity (Wildman–Crippen MR) is 88.0 cm³/mol. The van der Waals surface area contributed by atoms with E-state index in [1.165, 1.54) is 11.3 Å². The third kappa shape index (κ3) is 2.64. The lowest BCUT2D eigenvalue weighted by Gasteiger charge is -2.10. The molecule has 1 aromatic carbocycles. The van der Waals surface area contributed by atoms with Crippen molar-refractivity contribution in [1.82, 2.24) is 9.55 Å². The van der Waals surface area contributed by atoms with Gasteiger partial charge in [0, 0.05) is 6.54 Å². The van der Waals surface area contributed by atoms with Gasteiger partial charge in [-0.25, -0.2) is 0 Å². The molecule has 0 fully saturated rings. The third-order valence-electron chi connectivity index (χ3n) is 3.40. The van der Waals surface area contributed by atoms with E-state index in [1.807, 2.05) is 35.7 Å². The summed E-state index contributed by atoms with van der Waals surface area (Å²) >= 11 is 6.78. The molecule has 3 aromatic rings. The number of aromatic nitrogens is 2. The Morgan fingerprint density at radius 2 is 2.14 bits per heavy atom. The van der Waals surface area contributed by atoms with Crippen molar-refractivity contribution in [2.45, 2.75) is 13.0 Å². The highest BCUT2D eigenvalue weighted by molar-refractivity contribution is 7.71. The zero-order valence-electron chi connectivity index (χ0n) is 11.5. The van der Waals surface area contributed by atoms with Gasteiger partial charge in [0.05, 0.1) is 12.5 Å². The first-order chi connectivity index (χ1) is 10.2. The lowest BCUT2D eigenvalue weighted by atomic mass is 10.1. The molecule has 4 nitrogen and oxygen atoms in total. The molecule has 0 radical (unpaired) electrons. The summed E-state index contributed by atoms with van der Waals surface area (Å²) in [6.45, 7) is 0.528. The van der Waals surface area contributed by atoms with Crippen LogP contribution < -0.4 is 10.3 Å². The SMILES string of the molecule is COc1ccccc1CCn1c(=S)[nH]c2sccc2c1=O. The van der Waals surface area contributed by atoms with E-state index < -0.39 is 0 Å². The molecule has 0 unspecified atom stereocenters. The number of fused-ring (bicyclic) bond motifs is 1. The normalized spacial score (nSPS) is 10.9. The van der Waals surface area contributed by atoms with Crippen molar-refractivity contribution >= 4 is 33.8 Å². The number of nitrogens with zero attached hydrogens (tertiary/aromatic N) is 1. The van der Waals surface area contributed by atoms with Crippen LogP contribution in [-0.2, 0) is 13.0 Å². The average molecular weight is 318 g/mol. The molecule has 0 amide bonds. The fraction of sp³-hybridized carbons (Fsp3) is 0.200. The van der Waals surface area contributed by atoms with Crippen LogP contribution in [0.1, 0.15) is 5.56 Å². The number of thiophene rings is 1. The molecule has 108 valence electrons. The van der Waals surface area contributed by atoms with Gasteiger partial charge in [-0.05, 0) is 41.7 Å². The van der Waals surface area contributed by atoms with Gasteiger partial charge in [-0.15, -0.1) is 11.3 Å². The molecule has 2 aromatic heterocycles. The Bertz CT molecular complexity index is 892. The maximum atomic E-state index is 12.4. The molecule has 6 heteroatoms. The van der Waals surface area contributed by atoms with Crippen LogP contribution in [0.5, 0.6) is 5.75 Å². The number of methoxy groups -OCH3 is 1. The number of ether oxygens (including phenoxy) is 1. The Labute approximate surface area is 130 Å². The van der Waals surface area contributed by atoms with Gasteiger partial charge in [0.25, 0.3) is 5.56 Å². The molecule has 0 saturated carbocycles. The fourth-order valence-corrected chi connectivity index (χ4v) is 3.44. The minimum Gasteiger partial charge on any atom is -0.496 e. The highest BCUT2D eigenvalue weighted by atomic mass is 32.1. The molecular formula is C15H14N2O2S2. The van der Waals surface area contributed by atoms with Crippen LogP contribution in [0.25, 0.3) is 10.2 Å². The lowest BCUT2D eigenvalue weighted by Crippen LogP contribution is -2.22. The van der Waals surface area contributed by atoms with E-state index in [-0.39, 0.29) is 5.56 Å². The maximum Gasteiger partial charge on any atom is 0.263 e. The number of H-pyrrole nitrogens is 1. The quantitative estimate of drug-likeness (QED) is 0.750. The number of hydrogen-bond acceptors (Lipinski definition) is 4. The third-order valence-corrected chi connectivity index (χ3v) is 4.56. The minimum absolute atomic E-state index is 0.0371. The van der Waals surface area contributed by atoms with Crippen molar-refractivity contribution in [3.05, 3.63) is 56.4 Å². The number of nitrogens with one attached hydrogen (secondary N) is 1. The van der Waals surface area contributed by atoms with Crippen molar-refractivity contribution in [2.24, 2.45) is 0 Å². The molecule has 0 atom stereocenters. The zero-order valence-corrected chi connectivity index (χ0v) is 13.1. The van der Waals surface area contributed by atoms with Crippen LogP contribution in [0, 0.1) is 4.77 Å². The molecule has 0 saturated heterocycles. The van der Waals surface area contributed by atoms with Crippen molar-refractivity contribution in [2.75, 3.05) is 7.11 Å². The van der Waals surface area contributed by atoms with E-state index in [4.69, 9.17) is 17.0 Å². The average Bonchev–Trinajstić information content (AvgIpc) is 2.95. The summed E-state index contributed by atoms with van der Waals surface area (Å²) in [5, 5.41) is 2.58. The summed E-state index contributed by atoms with van der Waals surface area (Å²) in [5.74, 6) is 0.831. The summed E-state index contributed by atoms with van der Waals surface area (Å²) in [4.78, 5) is 16.4. The summed E-state index contributed by atoms with van der Waals surface area (Å²) in [6, 6.07) is 9.63. The van der Waals surface area contributed by atoms with Gasteiger partial charge in [-0.2, -0.15) is 0 Å². The second-order valence-electron chi connectivity index (χ2n) is 4.61. The summed E-state index contributed by atoms with van der Waals surface area (Å²) in [6.07, 6.45) is 0.692. The number of para-hydroxylation sites is 1. The van der Waals surface area contributed by atoms with Gasteiger partial charge in [0.1, 0.15) is 10.6 Å². The van der Waals surface area contributed by atoms with E-state index in [9.17, 15) is 4.79 Å². The van der Waals surface area contributed by atoms with Crippen LogP contribution >= 0.6 is 23.6 Å². The lowest BCUT2D eigenvalue weighted by molar-refractivity contribution is 0.408. The fourth-order valence-electron chi connectivity index (χ4n) is 2.32. The first kappa shape index (κ1) is 14.0. The molecule has 1 N–H and O–H groups in total. The summed E-state index contributed by atoms with van der Waals surface area (Å²) in [7, 11) is 1.65. The zero-order chi connectivity index (χ0) is 14.8. The van der Waals surface area contributed by atoms with Gasteiger partial charge in [-0.1, -0.05) is 18.2 Å². The largest absolute Gasteiger partial charge is 0.496 e. The van der Waals surface area contributed by atoms with Crippen LogP contribution in [-0.4, -0.2) is 16.7 Å². The molecular weight excluding hydrogens is 304 g/mol. The Morgan fingerprint density at radius 1 is 1.33 bits per heavy atom. The maximum absolute atomic E-state index is 12.4. The van der Waals surface area contributed by atoms with Crippen molar-refractivity contribution in [3.8, 4) is 5.75 Å². The first-order valence-corrected chi connectivity index (χ1v) is 7.81. The molecule has 0 aliphatic carbocycles. The monoisotopic (exact) mass is 318 g/mol. The Kier molecular flexibility index (Phi) is 3.90. The Morgan fingerprint density at radius 3 is 2.95 bits per heavy atom. The number of aryl methyl sites for hydroxylation is 1. The van der Waals surface area contributed by atoms with Gasteiger partial charge in [0.2, 0.25) is 0 Å². The molecule has 21 heavy (non-hydrogen) atoms. The first-order valence-electron chi connectivity index (χ1n) is 6.53. The Balaban J connectivity index is 1.95. The number of hydrogen-bond donors (Lipinski definition) is 1. The highest BCUT2D eigenvalue weighted by Crippen LogP contribution is 2.19. The van der Waals surface area contributed by atoms with Gasteiger partial charge in [-0.3, -0.25) is 9.36 Å². The van der Waals surface area contributed by atoms with Gasteiger partial charge < -0.3 is 9.72 Å². The number of rotatable bonds is 4. The number of benzene rings is 1. The molecule has 0 spiro atoms. The van der Waals surface area contributed by atoms with E-state index in [1.54, 1.807) is 11.7 Å². The topological polar surface area (TPSA) is 47.0 Å². The van der Waals surface area contributed by atoms with Crippen LogP contribution in [0.15, 0.2) is 40.5 Å². The van der Waals surface area contributed by atoms with E-state index in [2.05, 4.69) is 4.98 Å². The van der Waals surface area contributed by atoms with E-state index in [0.717, 1.165) is 16.1 Å². The second kappa shape index (κ2) is 5.83. The van der Waals surface area contributed by atoms with Crippen molar-refractivity contribution < 1.29 is 4.74 Å². The molecule has 0 bridgehead atoms. The van der Waals surface area contributed by atoms with Gasteiger partial charge >= 0.3 is 0 Å². The van der Waals surface area contributed by atoms with Crippen molar-refractivity contribution in [1.29, 1.82) is 0 Å². The second-order valence-corrected chi connectivity index (χ2v) is 5.92. The highest BCUT2D eigenvalue weighted by Gasteiger charge is 2.08. The van der Waals surface area contributed by atoms with Crippen LogP contribution in [0.2, 0.25) is 0 Å². The molecule has 2 heterocycles. The minimum atomic E-state index is -0.0371. The van der Waals surface area contributed by atoms with Crippen LogP contribution in [0.3, 0.4) is 0 Å². The van der Waals surface area contributed by atoms with E-state index in [0.29, 0.717) is 23.1 Å². The number of aromatic amines is 1. The van der Waals surface area contributed by atoms with Crippen LogP contribution in [0.4, 0.5) is 0 Å². The molecule has 0 aliphatic rings. The smallest absolute Gasteiger partial charge is 0.263 e.